The number of aromatic amines is 1. The van der Waals surface area contributed by atoms with Crippen LogP contribution in [0.4, 0.5) is 0 Å². The van der Waals surface area contributed by atoms with E-state index in [1.54, 1.807) is 0 Å². The Morgan fingerprint density at radius 2 is 2.05 bits per heavy atom. The summed E-state index contributed by atoms with van der Waals surface area (Å²) in [7, 11) is 0. The molecule has 4 N–H and O–H groups in total. The number of nitrogens with one attached hydrogen (secondary N) is 1. The van der Waals surface area contributed by atoms with Crippen LogP contribution in [-0.2, 0) is 9.53 Å². The van der Waals surface area contributed by atoms with Crippen LogP contribution in [0.2, 0.25) is 0 Å². The van der Waals surface area contributed by atoms with Crippen molar-refractivity contribution in [2.45, 2.75) is 24.5 Å². The van der Waals surface area contributed by atoms with Gasteiger partial charge in [0.2, 0.25) is 5.76 Å². The minimum Gasteiger partial charge on any atom is -0.500 e. The van der Waals surface area contributed by atoms with Gasteiger partial charge in [0, 0.05) is 12.3 Å². The first-order chi connectivity index (χ1) is 8.95. The maximum atomic E-state index is 11.5. The monoisotopic (exact) mass is 270 g/mol. The zero-order chi connectivity index (χ0) is 14.2. The van der Waals surface area contributed by atoms with Gasteiger partial charge in [-0.1, -0.05) is 0 Å². The van der Waals surface area contributed by atoms with E-state index in [4.69, 9.17) is 4.74 Å². The summed E-state index contributed by atoms with van der Waals surface area (Å²) in [5, 5.41) is 28.5. The van der Waals surface area contributed by atoms with Gasteiger partial charge < -0.3 is 20.1 Å². The summed E-state index contributed by atoms with van der Waals surface area (Å²) in [6.45, 7) is 0. The minimum atomic E-state index is -1.61. The molecule has 19 heavy (non-hydrogen) atoms. The number of rotatable bonds is 2. The van der Waals surface area contributed by atoms with E-state index in [9.17, 15) is 29.7 Å². The predicted molar refractivity (Wildman–Crippen MR) is 59.1 cm³/mol. The second kappa shape index (κ2) is 4.82. The average molecular weight is 270 g/mol. The summed E-state index contributed by atoms with van der Waals surface area (Å²) in [5.41, 5.74) is -1.50. The standard InChI is InChI=1S/C10H10N2O7/c13-3-4(14)8-6(16)7(17)9(19-8)12-2-1-5(15)11-10(12)18/h1-2,6-9,14,16-17H,(H,11,15,18)/t6-,7+,8+,9+/m0/s1. The molecule has 0 radical (unpaired) electrons. The second-order valence-corrected chi connectivity index (χ2v) is 3.93. The van der Waals surface area contributed by atoms with E-state index in [-0.39, 0.29) is 0 Å². The van der Waals surface area contributed by atoms with Crippen molar-refractivity contribution in [3.05, 3.63) is 38.9 Å². The largest absolute Gasteiger partial charge is 0.500 e. The van der Waals surface area contributed by atoms with Gasteiger partial charge in [0.1, 0.15) is 12.2 Å². The fourth-order valence-corrected chi connectivity index (χ4v) is 1.80. The van der Waals surface area contributed by atoms with Gasteiger partial charge in [-0.3, -0.25) is 14.3 Å². The molecular weight excluding hydrogens is 260 g/mol. The number of aliphatic hydroxyl groups excluding tert-OH is 3. The molecule has 0 unspecified atom stereocenters. The number of nitrogens with zero attached hydrogens (tertiary/aromatic N) is 1. The third kappa shape index (κ3) is 2.23. The van der Waals surface area contributed by atoms with Gasteiger partial charge >= 0.3 is 5.69 Å². The summed E-state index contributed by atoms with van der Waals surface area (Å²) in [5.74, 6) is 0.210. The van der Waals surface area contributed by atoms with Crippen molar-refractivity contribution < 1.29 is 24.9 Å². The van der Waals surface area contributed by atoms with Crippen LogP contribution >= 0.6 is 0 Å². The number of aliphatic hydroxyl groups is 3. The lowest BCUT2D eigenvalue weighted by atomic mass is 10.1. The molecule has 1 aromatic heterocycles. The molecule has 0 aromatic carbocycles. The molecule has 102 valence electrons. The van der Waals surface area contributed by atoms with Gasteiger partial charge in [-0.25, -0.2) is 9.59 Å². The van der Waals surface area contributed by atoms with E-state index in [1.165, 1.54) is 0 Å². The van der Waals surface area contributed by atoms with Gasteiger partial charge in [0.05, 0.1) is 0 Å². The highest BCUT2D eigenvalue weighted by molar-refractivity contribution is 5.51. The molecule has 1 fully saturated rings. The molecule has 0 amide bonds. The van der Waals surface area contributed by atoms with Gasteiger partial charge in [0.25, 0.3) is 5.56 Å². The lowest BCUT2D eigenvalue weighted by Crippen LogP contribution is -2.37. The molecule has 1 aromatic rings. The van der Waals surface area contributed by atoms with E-state index in [1.807, 2.05) is 4.98 Å². The highest BCUT2D eigenvalue weighted by atomic mass is 16.6. The van der Waals surface area contributed by atoms with E-state index < -0.39 is 41.5 Å². The quantitative estimate of drug-likeness (QED) is 0.341. The predicted octanol–water partition coefficient (Wildman–Crippen LogP) is -2.57. The zero-order valence-corrected chi connectivity index (χ0v) is 9.39. The molecular formula is C10H10N2O7. The lowest BCUT2D eigenvalue weighted by molar-refractivity contribution is -0.0383. The van der Waals surface area contributed by atoms with Crippen molar-refractivity contribution in [2.24, 2.45) is 0 Å². The molecule has 1 saturated heterocycles. The number of hydrogen-bond acceptors (Lipinski definition) is 7. The Balaban J connectivity index is 2.39. The summed E-state index contributed by atoms with van der Waals surface area (Å²) in [6.07, 6.45) is -4.95. The average Bonchev–Trinajstić information content (AvgIpc) is 2.66. The van der Waals surface area contributed by atoms with E-state index in [0.29, 0.717) is 0 Å². The van der Waals surface area contributed by atoms with Crippen LogP contribution in [-0.4, -0.2) is 49.1 Å². The maximum absolute atomic E-state index is 11.5. The maximum Gasteiger partial charge on any atom is 0.330 e. The molecule has 9 nitrogen and oxygen atoms in total. The summed E-state index contributed by atoms with van der Waals surface area (Å²) < 4.78 is 5.86. The Kier molecular flexibility index (Phi) is 3.36. The lowest BCUT2D eigenvalue weighted by Gasteiger charge is -2.16. The van der Waals surface area contributed by atoms with Crippen LogP contribution < -0.4 is 11.2 Å². The molecule has 2 rings (SSSR count). The van der Waals surface area contributed by atoms with Gasteiger partial charge in [-0.15, -0.1) is 0 Å². The topological polar surface area (TPSA) is 142 Å². The van der Waals surface area contributed by atoms with E-state index in [0.717, 1.165) is 22.8 Å². The minimum absolute atomic E-state index is 0.638. The number of carbonyl (C=O) groups excluding carboxylic acids is 1. The van der Waals surface area contributed by atoms with E-state index >= 15 is 0 Å². The number of ether oxygens (including phenoxy) is 1. The SMILES string of the molecule is O=C=C(O)[C@H]1O[C@@H](n2ccc(=O)[nH]c2=O)[C@H](O)[C@@H]1O. The van der Waals surface area contributed by atoms with Crippen LogP contribution in [0.15, 0.2) is 27.6 Å². The second-order valence-electron chi connectivity index (χ2n) is 3.93. The van der Waals surface area contributed by atoms with Crippen LogP contribution in [0, 0.1) is 0 Å². The Labute approximate surface area is 105 Å². The molecule has 2 heterocycles. The fourth-order valence-electron chi connectivity index (χ4n) is 1.80. The van der Waals surface area contributed by atoms with Crippen molar-refractivity contribution in [3.8, 4) is 0 Å². The van der Waals surface area contributed by atoms with Gasteiger partial charge in [0.15, 0.2) is 18.3 Å². The first kappa shape index (κ1) is 13.2. The van der Waals surface area contributed by atoms with Crippen molar-refractivity contribution in [1.82, 2.24) is 9.55 Å². The van der Waals surface area contributed by atoms with Crippen LogP contribution in [0.1, 0.15) is 6.23 Å². The molecule has 0 saturated carbocycles. The molecule has 4 atom stereocenters. The number of H-pyrrole nitrogens is 1. The van der Waals surface area contributed by atoms with Crippen molar-refractivity contribution in [1.29, 1.82) is 0 Å². The fraction of sp³-hybridized carbons (Fsp3) is 0.400. The summed E-state index contributed by atoms with van der Waals surface area (Å²) in [4.78, 5) is 34.7. The first-order valence-corrected chi connectivity index (χ1v) is 5.22. The number of aromatic nitrogens is 2. The molecule has 0 aliphatic carbocycles. The molecule has 9 heteroatoms. The number of hydrogen-bond donors (Lipinski definition) is 4. The van der Waals surface area contributed by atoms with Crippen LogP contribution in [0.5, 0.6) is 0 Å². The normalized spacial score (nSPS) is 30.0. The van der Waals surface area contributed by atoms with Crippen molar-refractivity contribution in [3.63, 3.8) is 0 Å². The van der Waals surface area contributed by atoms with E-state index in [2.05, 4.69) is 0 Å². The Hall–Kier alpha value is -2.19. The van der Waals surface area contributed by atoms with Crippen molar-refractivity contribution >= 4 is 5.94 Å². The smallest absolute Gasteiger partial charge is 0.330 e. The first-order valence-electron chi connectivity index (χ1n) is 5.22. The highest BCUT2D eigenvalue weighted by Crippen LogP contribution is 2.30. The van der Waals surface area contributed by atoms with Gasteiger partial charge in [-0.2, -0.15) is 0 Å². The molecule has 0 bridgehead atoms. The summed E-state index contributed by atoms with van der Waals surface area (Å²) >= 11 is 0. The zero-order valence-electron chi connectivity index (χ0n) is 9.39. The Morgan fingerprint density at radius 3 is 2.63 bits per heavy atom. The highest BCUT2D eigenvalue weighted by Gasteiger charge is 2.46. The third-order valence-corrected chi connectivity index (χ3v) is 2.74. The van der Waals surface area contributed by atoms with Crippen molar-refractivity contribution in [2.75, 3.05) is 0 Å². The van der Waals surface area contributed by atoms with Crippen LogP contribution in [0.3, 0.4) is 0 Å². The molecule has 1 aliphatic heterocycles. The van der Waals surface area contributed by atoms with Crippen LogP contribution in [0.25, 0.3) is 0 Å². The third-order valence-electron chi connectivity index (χ3n) is 2.74. The Morgan fingerprint density at radius 1 is 1.37 bits per heavy atom. The van der Waals surface area contributed by atoms with Gasteiger partial charge in [-0.05, 0) is 0 Å². The summed E-state index contributed by atoms with van der Waals surface area (Å²) in [6, 6.07) is 1.02. The Bertz CT molecular complexity index is 642. The molecule has 1 aliphatic rings. The molecule has 0 spiro atoms.